The van der Waals surface area contributed by atoms with Gasteiger partial charge in [0.2, 0.25) is 0 Å². The van der Waals surface area contributed by atoms with Gasteiger partial charge in [-0.2, -0.15) is 5.10 Å². The van der Waals surface area contributed by atoms with E-state index < -0.39 is 17.7 Å². The quantitative estimate of drug-likeness (QED) is 0.711. The van der Waals surface area contributed by atoms with Crippen LogP contribution in [0.25, 0.3) is 10.9 Å². The zero-order valence-electron chi connectivity index (χ0n) is 14.3. The average molecular weight is 356 g/mol. The van der Waals surface area contributed by atoms with Crippen LogP contribution in [-0.2, 0) is 16.1 Å². The third-order valence-corrected chi connectivity index (χ3v) is 3.61. The van der Waals surface area contributed by atoms with Crippen LogP contribution in [0.5, 0.6) is 0 Å². The highest BCUT2D eigenvalue weighted by atomic mass is 19.1. The third kappa shape index (κ3) is 3.85. The highest BCUT2D eigenvalue weighted by molar-refractivity contribution is 6.03. The molecule has 1 N–H and O–H groups in total. The van der Waals surface area contributed by atoms with Crippen LogP contribution < -0.4 is 5.32 Å². The number of pyridine rings is 1. The number of aryl methyl sites for hydroxylation is 1. The average Bonchev–Trinajstić information content (AvgIpc) is 2.96. The van der Waals surface area contributed by atoms with Crippen molar-refractivity contribution in [3.63, 3.8) is 0 Å². The summed E-state index contributed by atoms with van der Waals surface area (Å²) in [4.78, 5) is 27.9. The predicted octanol–water partition coefficient (Wildman–Crippen LogP) is 2.69. The Kier molecular flexibility index (Phi) is 4.92. The molecule has 26 heavy (non-hydrogen) atoms. The maximum absolute atomic E-state index is 14.3. The first-order valence-electron chi connectivity index (χ1n) is 8.03. The Morgan fingerprint density at radius 2 is 2.12 bits per heavy atom. The number of carbonyl (C=O) groups excluding carboxylic acids is 2. The molecule has 0 aliphatic carbocycles. The van der Waals surface area contributed by atoms with Crippen LogP contribution in [0.3, 0.4) is 0 Å². The van der Waals surface area contributed by atoms with E-state index in [1.165, 1.54) is 16.8 Å². The van der Waals surface area contributed by atoms with E-state index >= 15 is 0 Å². The Balaban J connectivity index is 1.84. The minimum absolute atomic E-state index is 0.0153. The molecule has 3 rings (SSSR count). The van der Waals surface area contributed by atoms with E-state index in [1.807, 2.05) is 0 Å². The van der Waals surface area contributed by atoms with Gasteiger partial charge in [-0.15, -0.1) is 0 Å². The molecule has 0 unspecified atom stereocenters. The summed E-state index contributed by atoms with van der Waals surface area (Å²) in [7, 11) is 0. The maximum atomic E-state index is 14.3. The number of rotatable bonds is 5. The zero-order chi connectivity index (χ0) is 18.7. The molecule has 0 atom stereocenters. The summed E-state index contributed by atoms with van der Waals surface area (Å²) in [5.41, 5.74) is 1.27. The zero-order valence-corrected chi connectivity index (χ0v) is 14.3. The lowest BCUT2D eigenvalue weighted by atomic mass is 10.2. The van der Waals surface area contributed by atoms with E-state index in [1.54, 1.807) is 38.2 Å². The molecular weight excluding hydrogens is 339 g/mol. The number of halogens is 1. The van der Waals surface area contributed by atoms with Gasteiger partial charge in [0.15, 0.2) is 0 Å². The number of anilines is 1. The number of esters is 1. The fraction of sp³-hybridized carbons (Fsp3) is 0.222. The highest BCUT2D eigenvalue weighted by Gasteiger charge is 2.14. The van der Waals surface area contributed by atoms with E-state index in [2.05, 4.69) is 15.4 Å². The molecule has 2 aromatic heterocycles. The van der Waals surface area contributed by atoms with Crippen molar-refractivity contribution in [1.82, 2.24) is 14.8 Å². The van der Waals surface area contributed by atoms with Gasteiger partial charge in [0, 0.05) is 23.3 Å². The molecule has 0 aliphatic heterocycles. The third-order valence-electron chi connectivity index (χ3n) is 3.61. The van der Waals surface area contributed by atoms with Gasteiger partial charge >= 0.3 is 5.97 Å². The molecule has 1 amide bonds. The van der Waals surface area contributed by atoms with Gasteiger partial charge in [0.05, 0.1) is 17.8 Å². The van der Waals surface area contributed by atoms with Crippen molar-refractivity contribution in [2.45, 2.75) is 20.4 Å². The van der Waals surface area contributed by atoms with Crippen molar-refractivity contribution in [2.75, 3.05) is 11.9 Å². The largest absolute Gasteiger partial charge is 0.465 e. The summed E-state index contributed by atoms with van der Waals surface area (Å²) in [5, 5.41) is 7.23. The molecular formula is C18H17FN4O3. The van der Waals surface area contributed by atoms with Gasteiger partial charge in [-0.3, -0.25) is 14.3 Å². The summed E-state index contributed by atoms with van der Waals surface area (Å²) in [6, 6.07) is 7.69. The molecule has 0 saturated carbocycles. The number of carbonyl (C=O) groups is 2. The van der Waals surface area contributed by atoms with Crippen molar-refractivity contribution < 1.29 is 18.7 Å². The summed E-state index contributed by atoms with van der Waals surface area (Å²) in [6.07, 6.45) is 1.59. The van der Waals surface area contributed by atoms with E-state index in [0.717, 1.165) is 0 Å². The minimum atomic E-state index is -0.625. The molecule has 0 bridgehead atoms. The number of hydrogen-bond acceptors (Lipinski definition) is 5. The van der Waals surface area contributed by atoms with Gasteiger partial charge in [0.1, 0.15) is 18.1 Å². The number of aromatic nitrogens is 3. The number of nitrogens with one attached hydrogen (secondary N) is 1. The molecule has 0 saturated heterocycles. The standard InChI is InChI=1S/C18H17FN4O3/c1-3-26-17(24)10-23-9-12-7-16(13(19)8-15(12)22-23)21-18(25)14-6-4-5-11(2)20-14/h4-9H,3,10H2,1-2H3,(H,21,25). The summed E-state index contributed by atoms with van der Waals surface area (Å²) >= 11 is 0. The molecule has 0 spiro atoms. The van der Waals surface area contributed by atoms with E-state index in [0.29, 0.717) is 16.6 Å². The number of nitrogens with zero attached hydrogens (tertiary/aromatic N) is 3. The summed E-state index contributed by atoms with van der Waals surface area (Å²) in [6.45, 7) is 3.68. The lowest BCUT2D eigenvalue weighted by molar-refractivity contribution is -0.144. The first kappa shape index (κ1) is 17.5. The Morgan fingerprint density at radius 3 is 2.85 bits per heavy atom. The highest BCUT2D eigenvalue weighted by Crippen LogP contribution is 2.22. The second-order valence-corrected chi connectivity index (χ2v) is 5.64. The smallest absolute Gasteiger partial charge is 0.327 e. The summed E-state index contributed by atoms with van der Waals surface area (Å²) < 4.78 is 20.5. The molecule has 0 aliphatic rings. The second-order valence-electron chi connectivity index (χ2n) is 5.64. The molecule has 1 aromatic carbocycles. The second kappa shape index (κ2) is 7.30. The Morgan fingerprint density at radius 1 is 1.31 bits per heavy atom. The number of hydrogen-bond donors (Lipinski definition) is 1. The van der Waals surface area contributed by atoms with Crippen LogP contribution in [0.2, 0.25) is 0 Å². The van der Waals surface area contributed by atoms with Gasteiger partial charge in [0.25, 0.3) is 5.91 Å². The van der Waals surface area contributed by atoms with E-state index in [-0.39, 0.29) is 24.5 Å². The predicted molar refractivity (Wildman–Crippen MR) is 93.3 cm³/mol. The Hall–Kier alpha value is -3.29. The van der Waals surface area contributed by atoms with Crippen LogP contribution in [0, 0.1) is 12.7 Å². The molecule has 2 heterocycles. The van der Waals surface area contributed by atoms with Gasteiger partial charge in [-0.05, 0) is 32.0 Å². The lowest BCUT2D eigenvalue weighted by Crippen LogP contribution is -2.14. The van der Waals surface area contributed by atoms with Crippen LogP contribution in [0.1, 0.15) is 23.1 Å². The topological polar surface area (TPSA) is 86.1 Å². The lowest BCUT2D eigenvalue weighted by Gasteiger charge is -2.06. The maximum Gasteiger partial charge on any atom is 0.327 e. The Labute approximate surface area is 148 Å². The molecule has 7 nitrogen and oxygen atoms in total. The van der Waals surface area contributed by atoms with Crippen LogP contribution >= 0.6 is 0 Å². The minimum Gasteiger partial charge on any atom is -0.465 e. The van der Waals surface area contributed by atoms with Crippen molar-refractivity contribution in [3.05, 3.63) is 53.7 Å². The van der Waals surface area contributed by atoms with Crippen molar-refractivity contribution >= 4 is 28.5 Å². The van der Waals surface area contributed by atoms with Crippen molar-refractivity contribution in [2.24, 2.45) is 0 Å². The first-order valence-corrected chi connectivity index (χ1v) is 8.03. The molecule has 8 heteroatoms. The van der Waals surface area contributed by atoms with Crippen LogP contribution in [-0.4, -0.2) is 33.2 Å². The normalized spacial score (nSPS) is 10.7. The van der Waals surface area contributed by atoms with Crippen molar-refractivity contribution in [3.8, 4) is 0 Å². The fourth-order valence-electron chi connectivity index (χ4n) is 2.47. The number of fused-ring (bicyclic) bond motifs is 1. The fourth-order valence-corrected chi connectivity index (χ4v) is 2.47. The molecule has 0 fully saturated rings. The first-order chi connectivity index (χ1) is 12.5. The molecule has 3 aromatic rings. The van der Waals surface area contributed by atoms with Crippen LogP contribution in [0.15, 0.2) is 36.5 Å². The van der Waals surface area contributed by atoms with Crippen LogP contribution in [0.4, 0.5) is 10.1 Å². The number of amides is 1. The van der Waals surface area contributed by atoms with E-state index in [4.69, 9.17) is 4.74 Å². The molecule has 0 radical (unpaired) electrons. The van der Waals surface area contributed by atoms with Crippen molar-refractivity contribution in [1.29, 1.82) is 0 Å². The van der Waals surface area contributed by atoms with E-state index in [9.17, 15) is 14.0 Å². The number of ether oxygens (including phenoxy) is 1. The monoisotopic (exact) mass is 356 g/mol. The van der Waals surface area contributed by atoms with Gasteiger partial charge in [-0.25, -0.2) is 9.37 Å². The summed E-state index contributed by atoms with van der Waals surface area (Å²) in [5.74, 6) is -1.56. The molecule has 134 valence electrons. The van der Waals surface area contributed by atoms with Gasteiger partial charge < -0.3 is 10.1 Å². The van der Waals surface area contributed by atoms with Gasteiger partial charge in [-0.1, -0.05) is 6.07 Å². The number of benzene rings is 1. The Bertz CT molecular complexity index is 984. The SMILES string of the molecule is CCOC(=O)Cn1cc2cc(NC(=O)c3cccc(C)n3)c(F)cc2n1.